The summed E-state index contributed by atoms with van der Waals surface area (Å²) in [4.78, 5) is 16.2. The molecule has 0 fully saturated rings. The van der Waals surface area contributed by atoms with Crippen LogP contribution in [0.25, 0.3) is 11.4 Å². The zero-order valence-corrected chi connectivity index (χ0v) is 15.3. The lowest BCUT2D eigenvalue weighted by atomic mass is 10.1. The molecule has 2 aromatic heterocycles. The van der Waals surface area contributed by atoms with Crippen molar-refractivity contribution in [2.45, 2.75) is 19.5 Å². The van der Waals surface area contributed by atoms with E-state index in [1.807, 2.05) is 42.6 Å². The number of nitrogens with zero attached hydrogens (tertiary/aromatic N) is 4. The van der Waals surface area contributed by atoms with Gasteiger partial charge in [-0.05, 0) is 52.3 Å². The third-order valence-corrected chi connectivity index (χ3v) is 4.78. The van der Waals surface area contributed by atoms with Gasteiger partial charge in [0.2, 0.25) is 0 Å². The van der Waals surface area contributed by atoms with Gasteiger partial charge < -0.3 is 5.73 Å². The van der Waals surface area contributed by atoms with Gasteiger partial charge in [-0.2, -0.15) is 0 Å². The molecule has 0 amide bonds. The van der Waals surface area contributed by atoms with Crippen LogP contribution in [0.5, 0.6) is 0 Å². The number of hydrogen-bond acceptors (Lipinski definition) is 5. The van der Waals surface area contributed by atoms with E-state index in [1.54, 1.807) is 0 Å². The average Bonchev–Trinajstić information content (AvgIpc) is 2.62. The highest BCUT2D eigenvalue weighted by Crippen LogP contribution is 2.22. The van der Waals surface area contributed by atoms with Crippen molar-refractivity contribution in [3.05, 3.63) is 70.2 Å². The van der Waals surface area contributed by atoms with Crippen LogP contribution in [0.15, 0.2) is 53.3 Å². The molecule has 1 aromatic carbocycles. The lowest BCUT2D eigenvalue weighted by Crippen LogP contribution is -2.31. The number of benzene rings is 1. The Balaban J connectivity index is 1.51. The highest BCUT2D eigenvalue weighted by Gasteiger charge is 2.19. The fraction of sp³-hybridized carbons (Fsp3) is 0.211. The smallest absolute Gasteiger partial charge is 0.159 e. The molecule has 1 aliphatic heterocycles. The Bertz CT molecular complexity index is 895. The minimum absolute atomic E-state index is 0.749. The fourth-order valence-corrected chi connectivity index (χ4v) is 3.43. The zero-order valence-electron chi connectivity index (χ0n) is 13.7. The second-order valence-electron chi connectivity index (χ2n) is 6.20. The van der Waals surface area contributed by atoms with Gasteiger partial charge in [0.05, 0.1) is 11.4 Å². The monoisotopic (exact) mass is 395 g/mol. The Morgan fingerprint density at radius 2 is 1.92 bits per heavy atom. The average molecular weight is 396 g/mol. The molecular weight excluding hydrogens is 378 g/mol. The summed E-state index contributed by atoms with van der Waals surface area (Å²) in [6, 6.07) is 13.7. The van der Waals surface area contributed by atoms with Gasteiger partial charge in [-0.25, -0.2) is 15.0 Å². The van der Waals surface area contributed by atoms with Gasteiger partial charge in [-0.15, -0.1) is 0 Å². The number of anilines is 1. The van der Waals surface area contributed by atoms with E-state index in [1.165, 1.54) is 5.56 Å². The first kappa shape index (κ1) is 16.2. The largest absolute Gasteiger partial charge is 0.399 e. The van der Waals surface area contributed by atoms with Crippen molar-refractivity contribution >= 4 is 21.6 Å². The summed E-state index contributed by atoms with van der Waals surface area (Å²) in [7, 11) is 0. The maximum Gasteiger partial charge on any atom is 0.159 e. The second kappa shape index (κ2) is 6.90. The Hall–Kier alpha value is -2.31. The third kappa shape index (κ3) is 3.70. The SMILES string of the molecule is Nc1ccc(-c2ncc3c(n2)CCN(Cc2cccc(Br)n2)C3)cc1. The van der Waals surface area contributed by atoms with Gasteiger partial charge in [0.25, 0.3) is 0 Å². The van der Waals surface area contributed by atoms with Gasteiger partial charge in [-0.3, -0.25) is 4.90 Å². The molecule has 1 aliphatic rings. The maximum atomic E-state index is 5.75. The minimum atomic E-state index is 0.749. The lowest BCUT2D eigenvalue weighted by Gasteiger charge is -2.27. The van der Waals surface area contributed by atoms with Crippen molar-refractivity contribution in [2.24, 2.45) is 0 Å². The van der Waals surface area contributed by atoms with E-state index in [2.05, 4.69) is 36.9 Å². The van der Waals surface area contributed by atoms with Crippen LogP contribution < -0.4 is 5.73 Å². The summed E-state index contributed by atoms with van der Waals surface area (Å²) < 4.78 is 0.874. The number of rotatable bonds is 3. The molecule has 126 valence electrons. The summed E-state index contributed by atoms with van der Waals surface area (Å²) in [5, 5.41) is 0. The summed E-state index contributed by atoms with van der Waals surface area (Å²) in [6.07, 6.45) is 2.88. The van der Waals surface area contributed by atoms with Crippen molar-refractivity contribution in [1.29, 1.82) is 0 Å². The topological polar surface area (TPSA) is 67.9 Å². The highest BCUT2D eigenvalue weighted by atomic mass is 79.9. The van der Waals surface area contributed by atoms with E-state index in [-0.39, 0.29) is 0 Å². The molecule has 4 rings (SSSR count). The molecule has 0 saturated carbocycles. The van der Waals surface area contributed by atoms with Crippen LogP contribution in [0.1, 0.15) is 17.0 Å². The summed E-state index contributed by atoms with van der Waals surface area (Å²) >= 11 is 3.43. The molecule has 0 aliphatic carbocycles. The molecule has 0 radical (unpaired) electrons. The van der Waals surface area contributed by atoms with E-state index in [9.17, 15) is 0 Å². The predicted molar refractivity (Wildman–Crippen MR) is 102 cm³/mol. The van der Waals surface area contributed by atoms with Crippen molar-refractivity contribution in [1.82, 2.24) is 19.9 Å². The molecule has 0 unspecified atom stereocenters. The van der Waals surface area contributed by atoms with Crippen molar-refractivity contribution < 1.29 is 0 Å². The number of aromatic nitrogens is 3. The predicted octanol–water partition coefficient (Wildman–Crippen LogP) is 3.44. The van der Waals surface area contributed by atoms with E-state index < -0.39 is 0 Å². The first-order chi connectivity index (χ1) is 12.2. The third-order valence-electron chi connectivity index (χ3n) is 4.34. The number of nitrogen functional groups attached to an aromatic ring is 1. The van der Waals surface area contributed by atoms with Gasteiger partial charge >= 0.3 is 0 Å². The number of hydrogen-bond donors (Lipinski definition) is 1. The molecule has 0 atom stereocenters. The van der Waals surface area contributed by atoms with E-state index in [0.29, 0.717) is 0 Å². The van der Waals surface area contributed by atoms with E-state index >= 15 is 0 Å². The van der Waals surface area contributed by atoms with Crippen LogP contribution in [0.2, 0.25) is 0 Å². The number of pyridine rings is 1. The molecule has 5 nitrogen and oxygen atoms in total. The van der Waals surface area contributed by atoms with Crippen LogP contribution in [0, 0.1) is 0 Å². The maximum absolute atomic E-state index is 5.75. The first-order valence-electron chi connectivity index (χ1n) is 8.22. The quantitative estimate of drug-likeness (QED) is 0.543. The standard InChI is InChI=1S/C19H18BrN5/c20-18-3-1-2-16(23-18)12-25-9-8-17-14(11-25)10-22-19(24-17)13-4-6-15(21)7-5-13/h1-7,10H,8-9,11-12,21H2. The van der Waals surface area contributed by atoms with Crippen LogP contribution in [-0.4, -0.2) is 26.4 Å². The summed E-state index contributed by atoms with van der Waals surface area (Å²) in [5.41, 5.74) is 10.9. The molecule has 3 aromatic rings. The van der Waals surface area contributed by atoms with Crippen LogP contribution in [-0.2, 0) is 19.5 Å². The Morgan fingerprint density at radius 1 is 1.08 bits per heavy atom. The van der Waals surface area contributed by atoms with Gasteiger partial charge in [0.1, 0.15) is 4.60 Å². The molecular formula is C19H18BrN5. The van der Waals surface area contributed by atoms with Crippen molar-refractivity contribution in [3.63, 3.8) is 0 Å². The van der Waals surface area contributed by atoms with E-state index in [0.717, 1.165) is 59.1 Å². The Labute approximate surface area is 155 Å². The molecule has 25 heavy (non-hydrogen) atoms. The lowest BCUT2D eigenvalue weighted by molar-refractivity contribution is 0.240. The molecule has 6 heteroatoms. The molecule has 0 spiro atoms. The fourth-order valence-electron chi connectivity index (χ4n) is 3.05. The van der Waals surface area contributed by atoms with E-state index in [4.69, 9.17) is 10.7 Å². The molecule has 0 saturated heterocycles. The van der Waals surface area contributed by atoms with Gasteiger partial charge in [0.15, 0.2) is 5.82 Å². The summed E-state index contributed by atoms with van der Waals surface area (Å²) in [5.74, 6) is 0.765. The Kier molecular flexibility index (Phi) is 4.46. The molecule has 2 N–H and O–H groups in total. The van der Waals surface area contributed by atoms with Gasteiger partial charge in [-0.1, -0.05) is 6.07 Å². The zero-order chi connectivity index (χ0) is 17.2. The second-order valence-corrected chi connectivity index (χ2v) is 7.01. The summed E-state index contributed by atoms with van der Waals surface area (Å²) in [6.45, 7) is 2.66. The number of nitrogens with two attached hydrogens (primary N) is 1. The first-order valence-corrected chi connectivity index (χ1v) is 9.01. The molecule has 3 heterocycles. The van der Waals surface area contributed by atoms with Crippen LogP contribution in [0.4, 0.5) is 5.69 Å². The number of fused-ring (bicyclic) bond motifs is 1. The van der Waals surface area contributed by atoms with Crippen LogP contribution in [0.3, 0.4) is 0 Å². The highest BCUT2D eigenvalue weighted by molar-refractivity contribution is 9.10. The van der Waals surface area contributed by atoms with Gasteiger partial charge in [0, 0.05) is 49.1 Å². The van der Waals surface area contributed by atoms with Crippen molar-refractivity contribution in [3.8, 4) is 11.4 Å². The normalized spacial score (nSPS) is 14.3. The molecule has 0 bridgehead atoms. The Morgan fingerprint density at radius 3 is 2.72 bits per heavy atom. The minimum Gasteiger partial charge on any atom is -0.399 e. The van der Waals surface area contributed by atoms with Crippen molar-refractivity contribution in [2.75, 3.05) is 12.3 Å². The number of halogens is 1. The van der Waals surface area contributed by atoms with Crippen LogP contribution >= 0.6 is 15.9 Å².